The molecule has 0 aliphatic carbocycles. The molecule has 2 atom stereocenters. The van der Waals surface area contributed by atoms with Crippen LogP contribution in [0.1, 0.15) is 12.5 Å². The van der Waals surface area contributed by atoms with Crippen molar-refractivity contribution in [2.45, 2.75) is 17.9 Å². The number of nitrogens with two attached hydrogens (primary N) is 1. The summed E-state index contributed by atoms with van der Waals surface area (Å²) >= 11 is 0. The minimum Gasteiger partial charge on any atom is -0.497 e. The van der Waals surface area contributed by atoms with Crippen molar-refractivity contribution in [3.8, 4) is 5.75 Å². The lowest BCUT2D eigenvalue weighted by Crippen LogP contribution is -2.22. The van der Waals surface area contributed by atoms with Crippen LogP contribution in [0.5, 0.6) is 5.75 Å². The first-order valence-electron chi connectivity index (χ1n) is 4.87. The van der Waals surface area contributed by atoms with Gasteiger partial charge < -0.3 is 10.5 Å². The van der Waals surface area contributed by atoms with Gasteiger partial charge in [-0.25, -0.2) is 0 Å². The Morgan fingerprint density at radius 2 is 2.00 bits per heavy atom. The van der Waals surface area contributed by atoms with E-state index in [1.807, 2.05) is 31.2 Å². The van der Waals surface area contributed by atoms with Gasteiger partial charge in [0.25, 0.3) is 0 Å². The first-order valence-corrected chi connectivity index (χ1v) is 6.25. The van der Waals surface area contributed by atoms with Crippen molar-refractivity contribution < 1.29 is 8.95 Å². The molecule has 0 amide bonds. The molecule has 0 aromatic heterocycles. The molecule has 0 fully saturated rings. The SMILES string of the molecule is COc1ccc(CS(=O)C(C)CN)cc1. The average molecular weight is 227 g/mol. The molecule has 0 aliphatic heterocycles. The van der Waals surface area contributed by atoms with Gasteiger partial charge in [-0.1, -0.05) is 12.1 Å². The van der Waals surface area contributed by atoms with Crippen LogP contribution in [0.15, 0.2) is 24.3 Å². The van der Waals surface area contributed by atoms with Crippen molar-refractivity contribution in [3.63, 3.8) is 0 Å². The van der Waals surface area contributed by atoms with Crippen molar-refractivity contribution in [3.05, 3.63) is 29.8 Å². The second-order valence-corrected chi connectivity index (χ2v) is 5.27. The van der Waals surface area contributed by atoms with Crippen LogP contribution in [0.2, 0.25) is 0 Å². The lowest BCUT2D eigenvalue weighted by molar-refractivity contribution is 0.414. The monoisotopic (exact) mass is 227 g/mol. The number of hydrogen-bond acceptors (Lipinski definition) is 3. The van der Waals surface area contributed by atoms with Crippen LogP contribution >= 0.6 is 0 Å². The first-order chi connectivity index (χ1) is 7.17. The topological polar surface area (TPSA) is 52.3 Å². The van der Waals surface area contributed by atoms with Gasteiger partial charge in [0.2, 0.25) is 0 Å². The molecule has 84 valence electrons. The largest absolute Gasteiger partial charge is 0.497 e. The van der Waals surface area contributed by atoms with Gasteiger partial charge in [-0.3, -0.25) is 4.21 Å². The van der Waals surface area contributed by atoms with Crippen LogP contribution in [0.25, 0.3) is 0 Å². The molecule has 0 saturated carbocycles. The maximum Gasteiger partial charge on any atom is 0.118 e. The van der Waals surface area contributed by atoms with Crippen molar-refractivity contribution >= 4 is 10.8 Å². The maximum absolute atomic E-state index is 11.7. The van der Waals surface area contributed by atoms with E-state index in [2.05, 4.69) is 0 Å². The van der Waals surface area contributed by atoms with Crippen LogP contribution in [0, 0.1) is 0 Å². The van der Waals surface area contributed by atoms with E-state index < -0.39 is 10.8 Å². The number of benzene rings is 1. The molecule has 0 spiro atoms. The maximum atomic E-state index is 11.7. The van der Waals surface area contributed by atoms with Crippen LogP contribution in [-0.4, -0.2) is 23.1 Å². The molecule has 3 nitrogen and oxygen atoms in total. The molecular formula is C11H17NO2S. The lowest BCUT2D eigenvalue weighted by Gasteiger charge is -2.08. The fourth-order valence-electron chi connectivity index (χ4n) is 1.14. The van der Waals surface area contributed by atoms with E-state index in [4.69, 9.17) is 10.5 Å². The zero-order chi connectivity index (χ0) is 11.3. The van der Waals surface area contributed by atoms with Crippen molar-refractivity contribution in [2.75, 3.05) is 13.7 Å². The van der Waals surface area contributed by atoms with E-state index in [0.29, 0.717) is 12.3 Å². The number of hydrogen-bond donors (Lipinski definition) is 1. The molecule has 0 bridgehead atoms. The Hall–Kier alpha value is -0.870. The highest BCUT2D eigenvalue weighted by atomic mass is 32.2. The van der Waals surface area contributed by atoms with E-state index in [0.717, 1.165) is 11.3 Å². The molecule has 0 heterocycles. The third kappa shape index (κ3) is 3.64. The zero-order valence-corrected chi connectivity index (χ0v) is 9.92. The second-order valence-electron chi connectivity index (χ2n) is 3.42. The highest BCUT2D eigenvalue weighted by Gasteiger charge is 2.09. The Kier molecular flexibility index (Phi) is 4.78. The minimum atomic E-state index is -0.890. The standard InChI is InChI=1S/C11H17NO2S/c1-9(7-12)15(13)8-10-3-5-11(14-2)6-4-10/h3-6,9H,7-8,12H2,1-2H3. The van der Waals surface area contributed by atoms with Gasteiger partial charge in [0.1, 0.15) is 5.75 Å². The van der Waals surface area contributed by atoms with Gasteiger partial charge in [0.05, 0.1) is 7.11 Å². The quantitative estimate of drug-likeness (QED) is 0.824. The highest BCUT2D eigenvalue weighted by molar-refractivity contribution is 7.84. The molecule has 0 saturated heterocycles. The summed E-state index contributed by atoms with van der Waals surface area (Å²) < 4.78 is 16.7. The molecule has 1 aromatic carbocycles. The van der Waals surface area contributed by atoms with Crippen LogP contribution in [0.3, 0.4) is 0 Å². The molecular weight excluding hydrogens is 210 g/mol. The smallest absolute Gasteiger partial charge is 0.118 e. The molecule has 15 heavy (non-hydrogen) atoms. The van der Waals surface area contributed by atoms with Crippen LogP contribution in [-0.2, 0) is 16.6 Å². The summed E-state index contributed by atoms with van der Waals surface area (Å²) in [5.74, 6) is 1.37. The predicted molar refractivity (Wildman–Crippen MR) is 63.4 cm³/mol. The van der Waals surface area contributed by atoms with Crippen molar-refractivity contribution in [1.29, 1.82) is 0 Å². The third-order valence-corrected chi connectivity index (χ3v) is 3.96. The molecule has 0 aliphatic rings. The van der Waals surface area contributed by atoms with Crippen LogP contribution < -0.4 is 10.5 Å². The average Bonchev–Trinajstić information content (AvgIpc) is 2.29. The summed E-state index contributed by atoms with van der Waals surface area (Å²) in [6.07, 6.45) is 0. The zero-order valence-electron chi connectivity index (χ0n) is 9.10. The number of methoxy groups -OCH3 is 1. The summed E-state index contributed by atoms with van der Waals surface area (Å²) in [5.41, 5.74) is 6.51. The van der Waals surface area contributed by atoms with Gasteiger partial charge in [0, 0.05) is 28.3 Å². The third-order valence-electron chi connectivity index (χ3n) is 2.25. The second kappa shape index (κ2) is 5.88. The van der Waals surface area contributed by atoms with E-state index >= 15 is 0 Å². The summed E-state index contributed by atoms with van der Waals surface area (Å²) in [6.45, 7) is 2.36. The fraction of sp³-hybridized carbons (Fsp3) is 0.455. The van der Waals surface area contributed by atoms with Crippen molar-refractivity contribution in [2.24, 2.45) is 5.73 Å². The molecule has 0 radical (unpaired) electrons. The highest BCUT2D eigenvalue weighted by Crippen LogP contribution is 2.13. The lowest BCUT2D eigenvalue weighted by atomic mass is 10.2. The van der Waals surface area contributed by atoms with Gasteiger partial charge in [-0.15, -0.1) is 0 Å². The minimum absolute atomic E-state index is 0.0482. The number of rotatable bonds is 5. The number of ether oxygens (including phenoxy) is 1. The van der Waals surface area contributed by atoms with E-state index in [-0.39, 0.29) is 5.25 Å². The normalized spacial score (nSPS) is 14.6. The molecule has 4 heteroatoms. The van der Waals surface area contributed by atoms with Gasteiger partial charge >= 0.3 is 0 Å². The summed E-state index contributed by atoms with van der Waals surface area (Å²) in [6, 6.07) is 7.61. The Morgan fingerprint density at radius 3 is 2.47 bits per heavy atom. The van der Waals surface area contributed by atoms with Gasteiger partial charge in [-0.05, 0) is 24.6 Å². The molecule has 2 unspecified atom stereocenters. The summed E-state index contributed by atoms with van der Waals surface area (Å²) in [7, 11) is 0.738. The molecule has 1 rings (SSSR count). The van der Waals surface area contributed by atoms with E-state index in [9.17, 15) is 4.21 Å². The van der Waals surface area contributed by atoms with Gasteiger partial charge in [0.15, 0.2) is 0 Å². The van der Waals surface area contributed by atoms with Crippen LogP contribution in [0.4, 0.5) is 0 Å². The Bertz CT molecular complexity index is 324. The molecule has 1 aromatic rings. The van der Waals surface area contributed by atoms with Crippen molar-refractivity contribution in [1.82, 2.24) is 0 Å². The summed E-state index contributed by atoms with van der Waals surface area (Å²) in [5, 5.41) is 0.0482. The molecule has 2 N–H and O–H groups in total. The Balaban J connectivity index is 2.61. The fourth-order valence-corrected chi connectivity index (χ4v) is 2.16. The van der Waals surface area contributed by atoms with Gasteiger partial charge in [-0.2, -0.15) is 0 Å². The Labute approximate surface area is 93.1 Å². The predicted octanol–water partition coefficient (Wildman–Crippen LogP) is 1.29. The summed E-state index contributed by atoms with van der Waals surface area (Å²) in [4.78, 5) is 0. The first kappa shape index (κ1) is 12.2. The van der Waals surface area contributed by atoms with E-state index in [1.165, 1.54) is 0 Å². The van der Waals surface area contributed by atoms with E-state index in [1.54, 1.807) is 7.11 Å². The Morgan fingerprint density at radius 1 is 1.40 bits per heavy atom.